The molecule has 0 saturated carbocycles. The molecule has 22 heavy (non-hydrogen) atoms. The van der Waals surface area contributed by atoms with Gasteiger partial charge in [-0.05, 0) is 36.6 Å². The fraction of sp³-hybridized carbons (Fsp3) is 0.176. The summed E-state index contributed by atoms with van der Waals surface area (Å²) in [6.45, 7) is -0.0606. The van der Waals surface area contributed by atoms with Gasteiger partial charge in [0.05, 0.1) is 5.71 Å². The lowest BCUT2D eigenvalue weighted by Crippen LogP contribution is -2.25. The van der Waals surface area contributed by atoms with Gasteiger partial charge in [0, 0.05) is 10.0 Å². The Labute approximate surface area is 137 Å². The molecule has 1 N–H and O–H groups in total. The van der Waals surface area contributed by atoms with E-state index in [2.05, 4.69) is 32.5 Å². The van der Waals surface area contributed by atoms with Crippen LogP contribution in [-0.4, -0.2) is 18.2 Å². The molecule has 0 saturated heterocycles. The van der Waals surface area contributed by atoms with Gasteiger partial charge >= 0.3 is 0 Å². The number of aryl methyl sites for hydroxylation is 1. The van der Waals surface area contributed by atoms with Crippen LogP contribution >= 0.6 is 15.9 Å². The molecule has 0 bridgehead atoms. The zero-order valence-electron chi connectivity index (χ0n) is 11.9. The SMILES string of the molecule is O=C(COc1cccc(Br)c1)NN=C1CCc2ccccc21. The molecule has 0 spiro atoms. The Kier molecular flexibility index (Phi) is 4.53. The van der Waals surface area contributed by atoms with Gasteiger partial charge in [-0.2, -0.15) is 5.10 Å². The molecule has 2 aromatic carbocycles. The molecule has 112 valence electrons. The van der Waals surface area contributed by atoms with Crippen molar-refractivity contribution in [3.05, 3.63) is 64.1 Å². The largest absolute Gasteiger partial charge is 0.484 e. The number of rotatable bonds is 4. The number of nitrogens with zero attached hydrogens (tertiary/aromatic N) is 1. The standard InChI is InChI=1S/C17H15BrN2O2/c18-13-5-3-6-14(10-13)22-11-17(21)20-19-16-9-8-12-4-1-2-7-15(12)16/h1-7,10H,8-9,11H2,(H,20,21). The van der Waals surface area contributed by atoms with E-state index in [1.165, 1.54) is 5.56 Å². The third-order valence-electron chi connectivity index (χ3n) is 3.44. The normalized spacial score (nSPS) is 14.7. The van der Waals surface area contributed by atoms with Gasteiger partial charge in [0.2, 0.25) is 0 Å². The molecule has 0 aromatic heterocycles. The first-order chi connectivity index (χ1) is 10.7. The zero-order valence-corrected chi connectivity index (χ0v) is 13.5. The van der Waals surface area contributed by atoms with Crippen LogP contribution in [0.1, 0.15) is 17.5 Å². The van der Waals surface area contributed by atoms with E-state index in [9.17, 15) is 4.79 Å². The number of carbonyl (C=O) groups is 1. The fourth-order valence-electron chi connectivity index (χ4n) is 2.39. The highest BCUT2D eigenvalue weighted by molar-refractivity contribution is 9.10. The summed E-state index contributed by atoms with van der Waals surface area (Å²) in [4.78, 5) is 11.8. The molecule has 4 nitrogen and oxygen atoms in total. The van der Waals surface area contributed by atoms with Crippen LogP contribution < -0.4 is 10.2 Å². The van der Waals surface area contributed by atoms with Crippen LogP contribution in [0, 0.1) is 0 Å². The monoisotopic (exact) mass is 358 g/mol. The van der Waals surface area contributed by atoms with Gasteiger partial charge in [-0.1, -0.05) is 46.3 Å². The highest BCUT2D eigenvalue weighted by Crippen LogP contribution is 2.21. The van der Waals surface area contributed by atoms with Crippen LogP contribution in [0.3, 0.4) is 0 Å². The van der Waals surface area contributed by atoms with Crippen LogP contribution in [-0.2, 0) is 11.2 Å². The number of ether oxygens (including phenoxy) is 1. The topological polar surface area (TPSA) is 50.7 Å². The second kappa shape index (κ2) is 6.75. The predicted molar refractivity (Wildman–Crippen MR) is 89.1 cm³/mol. The lowest BCUT2D eigenvalue weighted by atomic mass is 10.1. The van der Waals surface area contributed by atoms with Gasteiger partial charge in [-0.25, -0.2) is 5.43 Å². The van der Waals surface area contributed by atoms with Gasteiger partial charge in [0.25, 0.3) is 5.91 Å². The van der Waals surface area contributed by atoms with E-state index in [0.29, 0.717) is 5.75 Å². The van der Waals surface area contributed by atoms with E-state index in [1.807, 2.05) is 36.4 Å². The van der Waals surface area contributed by atoms with Crippen LogP contribution in [0.15, 0.2) is 58.1 Å². The maximum absolute atomic E-state index is 11.8. The summed E-state index contributed by atoms with van der Waals surface area (Å²) in [7, 11) is 0. The Bertz CT molecular complexity index is 728. The van der Waals surface area contributed by atoms with Crippen molar-refractivity contribution < 1.29 is 9.53 Å². The summed E-state index contributed by atoms with van der Waals surface area (Å²) in [5.74, 6) is 0.375. The Balaban J connectivity index is 1.56. The molecule has 1 amide bonds. The third-order valence-corrected chi connectivity index (χ3v) is 3.93. The maximum atomic E-state index is 11.8. The number of amides is 1. The molecule has 0 heterocycles. The molecule has 0 fully saturated rings. The van der Waals surface area contributed by atoms with Crippen molar-refractivity contribution in [1.82, 2.24) is 5.43 Å². The maximum Gasteiger partial charge on any atom is 0.277 e. The van der Waals surface area contributed by atoms with Crippen LogP contribution in [0.2, 0.25) is 0 Å². The van der Waals surface area contributed by atoms with Gasteiger partial charge in [-0.15, -0.1) is 0 Å². The van der Waals surface area contributed by atoms with Crippen molar-refractivity contribution in [2.24, 2.45) is 5.10 Å². The lowest BCUT2D eigenvalue weighted by molar-refractivity contribution is -0.123. The summed E-state index contributed by atoms with van der Waals surface area (Å²) in [6, 6.07) is 15.5. The van der Waals surface area contributed by atoms with Crippen LogP contribution in [0.4, 0.5) is 0 Å². The Morgan fingerprint density at radius 2 is 2.05 bits per heavy atom. The molecule has 5 heteroatoms. The van der Waals surface area contributed by atoms with Gasteiger partial charge in [0.15, 0.2) is 6.61 Å². The number of carbonyl (C=O) groups excluding carboxylic acids is 1. The van der Waals surface area contributed by atoms with E-state index < -0.39 is 0 Å². The zero-order chi connectivity index (χ0) is 15.4. The quantitative estimate of drug-likeness (QED) is 0.852. The van der Waals surface area contributed by atoms with Gasteiger partial charge < -0.3 is 4.74 Å². The second-order valence-electron chi connectivity index (χ2n) is 5.00. The van der Waals surface area contributed by atoms with Gasteiger partial charge in [-0.3, -0.25) is 4.79 Å². The molecule has 0 atom stereocenters. The molecule has 0 aliphatic heterocycles. The molecular weight excluding hydrogens is 344 g/mol. The summed E-state index contributed by atoms with van der Waals surface area (Å²) < 4.78 is 6.33. The van der Waals surface area contributed by atoms with E-state index in [1.54, 1.807) is 6.07 Å². The molecule has 3 rings (SSSR count). The molecular formula is C17H15BrN2O2. The van der Waals surface area contributed by atoms with Crippen molar-refractivity contribution in [3.63, 3.8) is 0 Å². The highest BCUT2D eigenvalue weighted by Gasteiger charge is 2.17. The fourth-order valence-corrected chi connectivity index (χ4v) is 2.77. The van der Waals surface area contributed by atoms with Crippen molar-refractivity contribution in [2.45, 2.75) is 12.8 Å². The van der Waals surface area contributed by atoms with Crippen molar-refractivity contribution in [1.29, 1.82) is 0 Å². The lowest BCUT2D eigenvalue weighted by Gasteiger charge is -2.06. The number of benzene rings is 2. The first-order valence-electron chi connectivity index (χ1n) is 7.04. The minimum atomic E-state index is -0.267. The Morgan fingerprint density at radius 3 is 2.91 bits per heavy atom. The molecule has 0 unspecified atom stereocenters. The van der Waals surface area contributed by atoms with Crippen LogP contribution in [0.25, 0.3) is 0 Å². The van der Waals surface area contributed by atoms with Crippen molar-refractivity contribution in [2.75, 3.05) is 6.61 Å². The summed E-state index contributed by atoms with van der Waals surface area (Å²) in [6.07, 6.45) is 1.82. The first-order valence-corrected chi connectivity index (χ1v) is 7.84. The van der Waals surface area contributed by atoms with E-state index in [0.717, 1.165) is 28.6 Å². The first kappa shape index (κ1) is 14.8. The van der Waals surface area contributed by atoms with E-state index in [4.69, 9.17) is 4.74 Å². The second-order valence-corrected chi connectivity index (χ2v) is 5.91. The number of halogens is 1. The van der Waals surface area contributed by atoms with Crippen LogP contribution in [0.5, 0.6) is 5.75 Å². The Morgan fingerprint density at radius 1 is 1.18 bits per heavy atom. The number of hydrogen-bond acceptors (Lipinski definition) is 3. The molecule has 0 radical (unpaired) electrons. The minimum absolute atomic E-state index is 0.0606. The number of hydrogen-bond donors (Lipinski definition) is 1. The molecule has 1 aliphatic rings. The number of fused-ring (bicyclic) bond motifs is 1. The van der Waals surface area contributed by atoms with Crippen molar-refractivity contribution in [3.8, 4) is 5.75 Å². The third kappa shape index (κ3) is 3.54. The van der Waals surface area contributed by atoms with Gasteiger partial charge in [0.1, 0.15) is 5.75 Å². The minimum Gasteiger partial charge on any atom is -0.484 e. The smallest absolute Gasteiger partial charge is 0.277 e. The Hall–Kier alpha value is -2.14. The molecule has 2 aromatic rings. The molecule has 1 aliphatic carbocycles. The summed E-state index contributed by atoms with van der Waals surface area (Å²) >= 11 is 3.36. The van der Waals surface area contributed by atoms with E-state index >= 15 is 0 Å². The average molecular weight is 359 g/mol. The summed E-state index contributed by atoms with van der Waals surface area (Å²) in [5, 5.41) is 4.22. The number of hydrazone groups is 1. The van der Waals surface area contributed by atoms with Crippen molar-refractivity contribution >= 4 is 27.5 Å². The predicted octanol–water partition coefficient (Wildman–Crippen LogP) is 3.29. The highest BCUT2D eigenvalue weighted by atomic mass is 79.9. The number of nitrogens with one attached hydrogen (secondary N) is 1. The summed E-state index contributed by atoms with van der Waals surface area (Å²) in [5.41, 5.74) is 5.88. The average Bonchev–Trinajstić information content (AvgIpc) is 2.94. The van der Waals surface area contributed by atoms with E-state index in [-0.39, 0.29) is 12.5 Å².